The average molecular weight is 284 g/mol. The highest BCUT2D eigenvalue weighted by Gasteiger charge is 2.29. The lowest BCUT2D eigenvalue weighted by molar-refractivity contribution is -0.143. The third-order valence-corrected chi connectivity index (χ3v) is 3.94. The maximum Gasteiger partial charge on any atom is 0.308 e. The van der Waals surface area contributed by atoms with Gasteiger partial charge < -0.3 is 10.0 Å². The van der Waals surface area contributed by atoms with E-state index in [0.29, 0.717) is 18.5 Å². The Hall–Kier alpha value is -2.43. The SMILES string of the molecule is O=C(O)C1CCCN(C(=O)c2ccnc3ccccc23)C1. The lowest BCUT2D eigenvalue weighted by Crippen LogP contribution is -2.42. The fourth-order valence-corrected chi connectivity index (χ4v) is 2.82. The number of amides is 1. The molecule has 1 atom stereocenters. The molecule has 21 heavy (non-hydrogen) atoms. The van der Waals surface area contributed by atoms with Gasteiger partial charge in [-0.25, -0.2) is 0 Å². The third kappa shape index (κ3) is 2.59. The Morgan fingerprint density at radius 3 is 2.86 bits per heavy atom. The van der Waals surface area contributed by atoms with Gasteiger partial charge in [-0.1, -0.05) is 18.2 Å². The van der Waals surface area contributed by atoms with E-state index < -0.39 is 11.9 Å². The topological polar surface area (TPSA) is 70.5 Å². The van der Waals surface area contributed by atoms with Crippen molar-refractivity contribution in [2.24, 2.45) is 5.92 Å². The first kappa shape index (κ1) is 13.5. The summed E-state index contributed by atoms with van der Waals surface area (Å²) in [7, 11) is 0. The molecular weight excluding hydrogens is 268 g/mol. The van der Waals surface area contributed by atoms with Gasteiger partial charge in [-0.3, -0.25) is 14.6 Å². The molecule has 1 saturated heterocycles. The van der Waals surface area contributed by atoms with Crippen molar-refractivity contribution >= 4 is 22.8 Å². The van der Waals surface area contributed by atoms with Crippen LogP contribution in [0.2, 0.25) is 0 Å². The van der Waals surface area contributed by atoms with Crippen molar-refractivity contribution in [3.63, 3.8) is 0 Å². The Balaban J connectivity index is 1.92. The van der Waals surface area contributed by atoms with E-state index in [2.05, 4.69) is 4.98 Å². The monoisotopic (exact) mass is 284 g/mol. The molecule has 0 bridgehead atoms. The fraction of sp³-hybridized carbons (Fsp3) is 0.312. The zero-order valence-corrected chi connectivity index (χ0v) is 11.5. The summed E-state index contributed by atoms with van der Waals surface area (Å²) in [5, 5.41) is 9.94. The minimum atomic E-state index is -0.827. The number of benzene rings is 1. The maximum atomic E-state index is 12.7. The van der Waals surface area contributed by atoms with Crippen molar-refractivity contribution < 1.29 is 14.7 Å². The number of piperidine rings is 1. The summed E-state index contributed by atoms with van der Waals surface area (Å²) < 4.78 is 0. The van der Waals surface area contributed by atoms with Crippen LogP contribution in [-0.4, -0.2) is 40.0 Å². The van der Waals surface area contributed by atoms with Crippen LogP contribution >= 0.6 is 0 Å². The number of rotatable bonds is 2. The number of carbonyl (C=O) groups is 2. The molecule has 1 amide bonds. The fourth-order valence-electron chi connectivity index (χ4n) is 2.82. The molecule has 0 radical (unpaired) electrons. The molecule has 2 aromatic rings. The molecular formula is C16H16N2O3. The second-order valence-electron chi connectivity index (χ2n) is 5.30. The number of carboxylic acids is 1. The highest BCUT2D eigenvalue weighted by Crippen LogP contribution is 2.22. The van der Waals surface area contributed by atoms with Gasteiger partial charge >= 0.3 is 5.97 Å². The number of hydrogen-bond donors (Lipinski definition) is 1. The summed E-state index contributed by atoms with van der Waals surface area (Å²) in [6, 6.07) is 9.19. The van der Waals surface area contributed by atoms with Crippen LogP contribution in [0.15, 0.2) is 36.5 Å². The second kappa shape index (κ2) is 5.52. The highest BCUT2D eigenvalue weighted by molar-refractivity contribution is 6.06. The summed E-state index contributed by atoms with van der Waals surface area (Å²) >= 11 is 0. The van der Waals surface area contributed by atoms with Gasteiger partial charge in [0, 0.05) is 24.7 Å². The zero-order valence-electron chi connectivity index (χ0n) is 11.5. The number of aromatic nitrogens is 1. The number of nitrogens with zero attached hydrogens (tertiary/aromatic N) is 2. The molecule has 1 aliphatic heterocycles. The highest BCUT2D eigenvalue weighted by atomic mass is 16.4. The first-order valence-electron chi connectivity index (χ1n) is 7.02. The van der Waals surface area contributed by atoms with Crippen LogP contribution in [0.5, 0.6) is 0 Å². The molecule has 1 aromatic heterocycles. The van der Waals surface area contributed by atoms with E-state index >= 15 is 0 Å². The molecule has 0 saturated carbocycles. The van der Waals surface area contributed by atoms with Crippen molar-refractivity contribution in [2.45, 2.75) is 12.8 Å². The Morgan fingerprint density at radius 1 is 1.24 bits per heavy atom. The van der Waals surface area contributed by atoms with Gasteiger partial charge in [0.25, 0.3) is 5.91 Å². The van der Waals surface area contributed by atoms with Crippen molar-refractivity contribution in [3.05, 3.63) is 42.1 Å². The number of hydrogen-bond acceptors (Lipinski definition) is 3. The van der Waals surface area contributed by atoms with E-state index in [1.54, 1.807) is 17.2 Å². The number of carboxylic acid groups (broad SMARTS) is 1. The predicted molar refractivity (Wildman–Crippen MR) is 78.0 cm³/mol. The molecule has 108 valence electrons. The summed E-state index contributed by atoms with van der Waals surface area (Å²) in [6.07, 6.45) is 2.98. The van der Waals surface area contributed by atoms with Gasteiger partial charge in [0.15, 0.2) is 0 Å². The molecule has 5 heteroatoms. The number of aliphatic carboxylic acids is 1. The van der Waals surface area contributed by atoms with E-state index in [9.17, 15) is 9.59 Å². The first-order chi connectivity index (χ1) is 10.2. The van der Waals surface area contributed by atoms with Gasteiger partial charge in [-0.2, -0.15) is 0 Å². The van der Waals surface area contributed by atoms with E-state index in [1.807, 2.05) is 24.3 Å². The number of para-hydroxylation sites is 1. The van der Waals surface area contributed by atoms with Crippen LogP contribution in [-0.2, 0) is 4.79 Å². The molecule has 0 aliphatic carbocycles. The van der Waals surface area contributed by atoms with Crippen molar-refractivity contribution in [1.82, 2.24) is 9.88 Å². The minimum Gasteiger partial charge on any atom is -0.481 e. The van der Waals surface area contributed by atoms with Crippen LogP contribution in [0.1, 0.15) is 23.2 Å². The van der Waals surface area contributed by atoms with E-state index in [4.69, 9.17) is 5.11 Å². The number of pyridine rings is 1. The second-order valence-corrected chi connectivity index (χ2v) is 5.30. The summed E-state index contributed by atoms with van der Waals surface area (Å²) in [4.78, 5) is 29.7. The van der Waals surface area contributed by atoms with Gasteiger partial charge in [0.2, 0.25) is 0 Å². The lowest BCUT2D eigenvalue weighted by atomic mass is 9.97. The Morgan fingerprint density at radius 2 is 2.05 bits per heavy atom. The molecule has 2 heterocycles. The average Bonchev–Trinajstić information content (AvgIpc) is 2.53. The molecule has 1 aliphatic rings. The normalized spacial score (nSPS) is 18.7. The summed E-state index contributed by atoms with van der Waals surface area (Å²) in [5.41, 5.74) is 1.36. The van der Waals surface area contributed by atoms with E-state index in [0.717, 1.165) is 17.3 Å². The molecule has 0 spiro atoms. The molecule has 3 rings (SSSR count). The van der Waals surface area contributed by atoms with Crippen LogP contribution in [0, 0.1) is 5.92 Å². The molecule has 1 aromatic carbocycles. The summed E-state index contributed by atoms with van der Waals surface area (Å²) in [6.45, 7) is 0.893. The quantitative estimate of drug-likeness (QED) is 0.917. The number of carbonyl (C=O) groups excluding carboxylic acids is 1. The molecule has 1 unspecified atom stereocenters. The van der Waals surface area contributed by atoms with Crippen molar-refractivity contribution in [1.29, 1.82) is 0 Å². The summed E-state index contributed by atoms with van der Waals surface area (Å²) in [5.74, 6) is -1.40. The van der Waals surface area contributed by atoms with Gasteiger partial charge in [-0.15, -0.1) is 0 Å². The number of likely N-dealkylation sites (tertiary alicyclic amines) is 1. The Bertz CT molecular complexity index is 693. The van der Waals surface area contributed by atoms with E-state index in [-0.39, 0.29) is 12.5 Å². The minimum absolute atomic E-state index is 0.112. The maximum absolute atomic E-state index is 12.7. The largest absolute Gasteiger partial charge is 0.481 e. The standard InChI is InChI=1S/C16H16N2O3/c19-15(18-9-3-4-11(10-18)16(20)21)13-7-8-17-14-6-2-1-5-12(13)14/h1-2,5-8,11H,3-4,9-10H2,(H,20,21). The number of fused-ring (bicyclic) bond motifs is 1. The zero-order chi connectivity index (χ0) is 14.8. The van der Waals surface area contributed by atoms with Crippen LogP contribution in [0.3, 0.4) is 0 Å². The molecule has 1 fully saturated rings. The van der Waals surface area contributed by atoms with Crippen LogP contribution in [0.25, 0.3) is 10.9 Å². The van der Waals surface area contributed by atoms with Crippen molar-refractivity contribution in [3.8, 4) is 0 Å². The first-order valence-corrected chi connectivity index (χ1v) is 7.02. The Labute approximate surface area is 122 Å². The predicted octanol–water partition coefficient (Wildman–Crippen LogP) is 2.17. The lowest BCUT2D eigenvalue weighted by Gasteiger charge is -2.31. The Kier molecular flexibility index (Phi) is 3.56. The van der Waals surface area contributed by atoms with Crippen LogP contribution < -0.4 is 0 Å². The van der Waals surface area contributed by atoms with Gasteiger partial charge in [-0.05, 0) is 25.0 Å². The van der Waals surface area contributed by atoms with Gasteiger partial charge in [0.1, 0.15) is 0 Å². The molecule has 1 N–H and O–H groups in total. The van der Waals surface area contributed by atoms with E-state index in [1.165, 1.54) is 0 Å². The van der Waals surface area contributed by atoms with Crippen LogP contribution in [0.4, 0.5) is 0 Å². The smallest absolute Gasteiger partial charge is 0.308 e. The third-order valence-electron chi connectivity index (χ3n) is 3.94. The van der Waals surface area contributed by atoms with Gasteiger partial charge in [0.05, 0.1) is 17.0 Å². The molecule has 5 nitrogen and oxygen atoms in total. The van der Waals surface area contributed by atoms with Crippen molar-refractivity contribution in [2.75, 3.05) is 13.1 Å².